The van der Waals surface area contributed by atoms with E-state index in [0.717, 1.165) is 11.8 Å². The molecule has 0 aliphatic rings. The van der Waals surface area contributed by atoms with Gasteiger partial charge in [-0.05, 0) is 20.8 Å². The van der Waals surface area contributed by atoms with Crippen molar-refractivity contribution in [2.45, 2.75) is 32.4 Å². The minimum Gasteiger partial charge on any atom is -0.480 e. The minimum absolute atomic E-state index is 0.0571. The highest BCUT2D eigenvalue weighted by Gasteiger charge is 2.19. The van der Waals surface area contributed by atoms with Gasteiger partial charge in [0.05, 0.1) is 5.75 Å². The average Bonchev–Trinajstić information content (AvgIpc) is 2.13. The third-order valence-electron chi connectivity index (χ3n) is 1.49. The van der Waals surface area contributed by atoms with Gasteiger partial charge in [0.15, 0.2) is 0 Å². The first-order chi connectivity index (χ1) is 7.76. The summed E-state index contributed by atoms with van der Waals surface area (Å²) in [6, 6.07) is -0.986. The number of thioether (sulfide) groups is 1. The van der Waals surface area contributed by atoms with Crippen molar-refractivity contribution in [3.8, 4) is 0 Å². The number of carbonyl (C=O) groups is 3. The monoisotopic (exact) mass is 263 g/mol. The molecule has 98 valence electrons. The Balaban J connectivity index is 3.92. The van der Waals surface area contributed by atoms with Gasteiger partial charge in [-0.2, -0.15) is 0 Å². The molecule has 0 saturated carbocycles. The number of nitrogens with one attached hydrogen (secondary N) is 1. The molecule has 1 unspecified atom stereocenters. The normalized spacial score (nSPS) is 12.6. The number of carbonyl (C=O) groups excluding carboxylic acids is 2. The van der Waals surface area contributed by atoms with Crippen molar-refractivity contribution < 1.29 is 24.2 Å². The van der Waals surface area contributed by atoms with E-state index in [1.165, 1.54) is 0 Å². The zero-order valence-electron chi connectivity index (χ0n) is 10.1. The highest BCUT2D eigenvalue weighted by atomic mass is 32.2. The lowest BCUT2D eigenvalue weighted by molar-refractivity contribution is -0.151. The first-order valence-electron chi connectivity index (χ1n) is 4.98. The minimum atomic E-state index is -1.13. The Hall–Kier alpha value is -1.24. The van der Waals surface area contributed by atoms with E-state index >= 15 is 0 Å². The van der Waals surface area contributed by atoms with Gasteiger partial charge in [-0.3, -0.25) is 9.59 Å². The van der Waals surface area contributed by atoms with E-state index in [9.17, 15) is 14.4 Å². The second kappa shape index (κ2) is 7.16. The highest BCUT2D eigenvalue weighted by Crippen LogP contribution is 2.10. The molecule has 2 N–H and O–H groups in total. The van der Waals surface area contributed by atoms with Crippen LogP contribution < -0.4 is 5.32 Å². The number of ether oxygens (including phenoxy) is 1. The predicted molar refractivity (Wildman–Crippen MR) is 63.8 cm³/mol. The Morgan fingerprint density at radius 1 is 1.47 bits per heavy atom. The molecule has 0 aliphatic carbocycles. The van der Waals surface area contributed by atoms with Crippen molar-refractivity contribution in [2.24, 2.45) is 0 Å². The zero-order valence-corrected chi connectivity index (χ0v) is 10.9. The molecule has 1 atom stereocenters. The lowest BCUT2D eigenvalue weighted by Gasteiger charge is -2.19. The number of carboxylic acid groups (broad SMARTS) is 1. The second-order valence-electron chi connectivity index (χ2n) is 4.28. The molecule has 0 aliphatic heterocycles. The fourth-order valence-electron chi connectivity index (χ4n) is 0.904. The van der Waals surface area contributed by atoms with Gasteiger partial charge in [-0.15, -0.1) is 11.8 Å². The van der Waals surface area contributed by atoms with Crippen LogP contribution in [-0.4, -0.2) is 46.6 Å². The van der Waals surface area contributed by atoms with Crippen LogP contribution in [0.4, 0.5) is 0 Å². The molecule has 0 saturated heterocycles. The maximum atomic E-state index is 11.3. The molecule has 0 rings (SSSR count). The predicted octanol–water partition coefficient (Wildman–Crippen LogP) is 0.260. The van der Waals surface area contributed by atoms with Gasteiger partial charge in [0.25, 0.3) is 0 Å². The second-order valence-corrected chi connectivity index (χ2v) is 5.31. The van der Waals surface area contributed by atoms with Gasteiger partial charge in [0.1, 0.15) is 11.6 Å². The van der Waals surface area contributed by atoms with E-state index in [4.69, 9.17) is 9.84 Å². The number of aliphatic carboxylic acids is 1. The molecule has 0 heterocycles. The fraction of sp³-hybridized carbons (Fsp3) is 0.700. The van der Waals surface area contributed by atoms with Crippen LogP contribution in [0.15, 0.2) is 0 Å². The van der Waals surface area contributed by atoms with E-state index in [2.05, 4.69) is 5.32 Å². The van der Waals surface area contributed by atoms with Crippen LogP contribution >= 0.6 is 11.8 Å². The van der Waals surface area contributed by atoms with E-state index in [1.807, 2.05) is 0 Å². The van der Waals surface area contributed by atoms with Gasteiger partial charge in [-0.25, -0.2) is 4.79 Å². The summed E-state index contributed by atoms with van der Waals surface area (Å²) < 4.78 is 5.04. The molecular weight excluding hydrogens is 246 g/mol. The quantitative estimate of drug-likeness (QED) is 0.505. The van der Waals surface area contributed by atoms with Crippen LogP contribution in [0.5, 0.6) is 0 Å². The Labute approximate surface area is 104 Å². The summed E-state index contributed by atoms with van der Waals surface area (Å²) in [5.74, 6) is -1.36. The molecule has 0 spiro atoms. The number of hydrogen-bond donors (Lipinski definition) is 2. The van der Waals surface area contributed by atoms with Gasteiger partial charge < -0.3 is 15.2 Å². The molecule has 0 aromatic rings. The third kappa shape index (κ3) is 8.56. The van der Waals surface area contributed by atoms with Gasteiger partial charge in [-0.1, -0.05) is 0 Å². The van der Waals surface area contributed by atoms with Crippen molar-refractivity contribution in [1.82, 2.24) is 5.32 Å². The molecule has 1 amide bonds. The maximum absolute atomic E-state index is 11.3. The molecule has 6 nitrogen and oxygen atoms in total. The summed E-state index contributed by atoms with van der Waals surface area (Å²) in [7, 11) is 0. The summed E-state index contributed by atoms with van der Waals surface area (Å²) in [4.78, 5) is 32.1. The Bertz CT molecular complexity index is 287. The smallest absolute Gasteiger partial charge is 0.327 e. The summed E-state index contributed by atoms with van der Waals surface area (Å²) >= 11 is 1.10. The molecule has 0 aromatic heterocycles. The molecule has 0 radical (unpaired) electrons. The number of amides is 1. The SMILES string of the molecule is CC(C)(C)OC(=O)CSCC(NC=O)C(=O)O. The van der Waals surface area contributed by atoms with Gasteiger partial charge in [0, 0.05) is 5.75 Å². The zero-order chi connectivity index (χ0) is 13.5. The van der Waals surface area contributed by atoms with Crippen molar-refractivity contribution in [1.29, 1.82) is 0 Å². The molecule has 0 fully saturated rings. The van der Waals surface area contributed by atoms with Crippen LogP contribution in [-0.2, 0) is 19.1 Å². The first-order valence-corrected chi connectivity index (χ1v) is 6.14. The standard InChI is InChI=1S/C10H17NO5S/c1-10(2,3)16-8(13)5-17-4-7(9(14)15)11-6-12/h6-7H,4-5H2,1-3H3,(H,11,12)(H,14,15). The van der Waals surface area contributed by atoms with Crippen LogP contribution in [0.1, 0.15) is 20.8 Å². The van der Waals surface area contributed by atoms with E-state index in [0.29, 0.717) is 6.41 Å². The van der Waals surface area contributed by atoms with Crippen LogP contribution in [0.25, 0.3) is 0 Å². The topological polar surface area (TPSA) is 92.7 Å². The van der Waals surface area contributed by atoms with Crippen LogP contribution in [0.3, 0.4) is 0 Å². The Morgan fingerprint density at radius 3 is 2.47 bits per heavy atom. The molecule has 0 bridgehead atoms. The average molecular weight is 263 g/mol. The number of carboxylic acids is 1. The lowest BCUT2D eigenvalue weighted by atomic mass is 10.2. The van der Waals surface area contributed by atoms with Crippen LogP contribution in [0.2, 0.25) is 0 Å². The number of esters is 1. The van der Waals surface area contributed by atoms with Crippen molar-refractivity contribution in [2.75, 3.05) is 11.5 Å². The first kappa shape index (κ1) is 15.8. The number of hydrogen-bond acceptors (Lipinski definition) is 5. The Morgan fingerprint density at radius 2 is 2.06 bits per heavy atom. The summed E-state index contributed by atoms with van der Waals surface area (Å²) in [6.45, 7) is 5.26. The van der Waals surface area contributed by atoms with Gasteiger partial charge >= 0.3 is 11.9 Å². The Kier molecular flexibility index (Phi) is 6.64. The summed E-state index contributed by atoms with van der Waals surface area (Å²) in [5.41, 5.74) is -0.551. The summed E-state index contributed by atoms with van der Waals surface area (Å²) in [6.07, 6.45) is 0.326. The van der Waals surface area contributed by atoms with Crippen molar-refractivity contribution in [3.05, 3.63) is 0 Å². The number of rotatable bonds is 7. The van der Waals surface area contributed by atoms with Crippen molar-refractivity contribution >= 4 is 30.1 Å². The van der Waals surface area contributed by atoms with E-state index < -0.39 is 23.6 Å². The highest BCUT2D eigenvalue weighted by molar-refractivity contribution is 8.00. The van der Waals surface area contributed by atoms with E-state index in [-0.39, 0.29) is 11.5 Å². The van der Waals surface area contributed by atoms with Crippen LogP contribution in [0, 0.1) is 0 Å². The van der Waals surface area contributed by atoms with Gasteiger partial charge in [0.2, 0.25) is 6.41 Å². The maximum Gasteiger partial charge on any atom is 0.327 e. The van der Waals surface area contributed by atoms with Crippen molar-refractivity contribution in [3.63, 3.8) is 0 Å². The molecule has 17 heavy (non-hydrogen) atoms. The third-order valence-corrected chi connectivity index (χ3v) is 2.50. The largest absolute Gasteiger partial charge is 0.480 e. The molecular formula is C10H17NO5S. The lowest BCUT2D eigenvalue weighted by Crippen LogP contribution is -2.38. The van der Waals surface area contributed by atoms with E-state index in [1.54, 1.807) is 20.8 Å². The summed E-state index contributed by atoms with van der Waals surface area (Å²) in [5, 5.41) is 10.9. The molecule has 7 heteroatoms. The molecule has 0 aromatic carbocycles. The fourth-order valence-corrected chi connectivity index (χ4v) is 1.72.